The summed E-state index contributed by atoms with van der Waals surface area (Å²) < 4.78 is 29.3. The first-order valence-corrected chi connectivity index (χ1v) is 7.15. The molecule has 1 saturated carbocycles. The smallest absolute Gasteiger partial charge is 0.404 e. The highest BCUT2D eigenvalue weighted by Crippen LogP contribution is 2.24. The van der Waals surface area contributed by atoms with Crippen molar-refractivity contribution in [2.24, 2.45) is 11.7 Å². The minimum atomic E-state index is -3.12. The number of nitrogens with one attached hydrogen (secondary N) is 1. The Labute approximate surface area is 95.6 Å². The van der Waals surface area contributed by atoms with Crippen molar-refractivity contribution >= 4 is 16.1 Å². The molecule has 1 rings (SSSR count). The first-order valence-electron chi connectivity index (χ1n) is 5.26. The zero-order valence-corrected chi connectivity index (χ0v) is 10.1. The van der Waals surface area contributed by atoms with Crippen LogP contribution in [0.2, 0.25) is 0 Å². The van der Waals surface area contributed by atoms with E-state index in [0.717, 1.165) is 31.9 Å². The minimum absolute atomic E-state index is 0.0137. The molecule has 0 atom stereocenters. The predicted octanol–water partition coefficient (Wildman–Crippen LogP) is 0.190. The van der Waals surface area contributed by atoms with Crippen LogP contribution < -0.4 is 10.5 Å². The van der Waals surface area contributed by atoms with Gasteiger partial charge in [0.2, 0.25) is 10.0 Å². The van der Waals surface area contributed by atoms with Crippen molar-refractivity contribution in [1.82, 2.24) is 4.72 Å². The highest BCUT2D eigenvalue weighted by atomic mass is 32.2. The summed E-state index contributed by atoms with van der Waals surface area (Å²) >= 11 is 0. The van der Waals surface area contributed by atoms with Gasteiger partial charge in [-0.05, 0) is 31.6 Å². The average Bonchev–Trinajstić information content (AvgIpc) is 2.14. The number of ether oxygens (including phenoxy) is 1. The molecule has 0 heterocycles. The Balaban J connectivity index is 2.26. The summed E-state index contributed by atoms with van der Waals surface area (Å²) in [6.07, 6.45) is 3.66. The molecular formula is C9H18N2O4S. The van der Waals surface area contributed by atoms with Gasteiger partial charge in [0, 0.05) is 6.04 Å². The third-order valence-electron chi connectivity index (χ3n) is 2.69. The van der Waals surface area contributed by atoms with E-state index in [9.17, 15) is 13.2 Å². The average molecular weight is 250 g/mol. The number of rotatable bonds is 4. The first-order chi connectivity index (χ1) is 7.37. The zero-order chi connectivity index (χ0) is 12.2. The number of carbonyl (C=O) groups excluding carboxylic acids is 1. The van der Waals surface area contributed by atoms with Crippen molar-refractivity contribution in [2.45, 2.75) is 31.7 Å². The Kier molecular flexibility index (Phi) is 4.55. The second kappa shape index (κ2) is 5.49. The monoisotopic (exact) mass is 250 g/mol. The Morgan fingerprint density at radius 2 is 1.94 bits per heavy atom. The van der Waals surface area contributed by atoms with Crippen LogP contribution in [0.4, 0.5) is 4.79 Å². The maximum atomic E-state index is 11.0. The summed E-state index contributed by atoms with van der Waals surface area (Å²) in [5, 5.41) is 0. The summed E-state index contributed by atoms with van der Waals surface area (Å²) in [6, 6.07) is 0.0137. The lowest BCUT2D eigenvalue weighted by Gasteiger charge is -2.27. The van der Waals surface area contributed by atoms with E-state index >= 15 is 0 Å². The van der Waals surface area contributed by atoms with Crippen LogP contribution in [0, 0.1) is 5.92 Å². The number of amides is 1. The summed E-state index contributed by atoms with van der Waals surface area (Å²) in [5.41, 5.74) is 4.87. The lowest BCUT2D eigenvalue weighted by Crippen LogP contribution is -2.37. The van der Waals surface area contributed by atoms with Gasteiger partial charge in [-0.2, -0.15) is 0 Å². The molecule has 1 fully saturated rings. The fourth-order valence-electron chi connectivity index (χ4n) is 1.95. The molecule has 0 aliphatic heterocycles. The van der Waals surface area contributed by atoms with Crippen molar-refractivity contribution in [3.05, 3.63) is 0 Å². The summed E-state index contributed by atoms with van der Waals surface area (Å²) in [5.74, 6) is 0.296. The van der Waals surface area contributed by atoms with Crippen LogP contribution in [-0.4, -0.2) is 33.4 Å². The van der Waals surface area contributed by atoms with Crippen molar-refractivity contribution in [1.29, 1.82) is 0 Å². The van der Waals surface area contributed by atoms with E-state index in [1.54, 1.807) is 0 Å². The van der Waals surface area contributed by atoms with Gasteiger partial charge in [-0.1, -0.05) is 0 Å². The summed E-state index contributed by atoms with van der Waals surface area (Å²) in [7, 11) is -3.12. The molecule has 0 aromatic carbocycles. The molecule has 0 aromatic rings. The molecule has 16 heavy (non-hydrogen) atoms. The number of sulfonamides is 1. The van der Waals surface area contributed by atoms with Crippen LogP contribution in [-0.2, 0) is 14.8 Å². The van der Waals surface area contributed by atoms with Crippen molar-refractivity contribution in [3.8, 4) is 0 Å². The SMILES string of the molecule is CS(=O)(=O)NC1CCC(COC(N)=O)CC1. The fraction of sp³-hybridized carbons (Fsp3) is 0.889. The molecule has 0 saturated heterocycles. The van der Waals surface area contributed by atoms with Gasteiger partial charge in [-0.3, -0.25) is 0 Å². The summed E-state index contributed by atoms with van der Waals surface area (Å²) in [4.78, 5) is 10.4. The van der Waals surface area contributed by atoms with Crippen LogP contribution in [0.5, 0.6) is 0 Å². The van der Waals surface area contributed by atoms with Gasteiger partial charge in [0.05, 0.1) is 12.9 Å². The van der Waals surface area contributed by atoms with Crippen LogP contribution in [0.1, 0.15) is 25.7 Å². The molecule has 0 bridgehead atoms. The van der Waals surface area contributed by atoms with Crippen LogP contribution in [0.15, 0.2) is 0 Å². The van der Waals surface area contributed by atoms with Crippen LogP contribution in [0.25, 0.3) is 0 Å². The molecule has 0 aromatic heterocycles. The Morgan fingerprint density at radius 1 is 1.38 bits per heavy atom. The third-order valence-corrected chi connectivity index (χ3v) is 3.45. The minimum Gasteiger partial charge on any atom is -0.449 e. The molecular weight excluding hydrogens is 232 g/mol. The molecule has 0 spiro atoms. The zero-order valence-electron chi connectivity index (χ0n) is 9.31. The van der Waals surface area contributed by atoms with Gasteiger partial charge in [-0.15, -0.1) is 0 Å². The Bertz CT molecular complexity index is 333. The van der Waals surface area contributed by atoms with E-state index in [4.69, 9.17) is 10.5 Å². The van der Waals surface area contributed by atoms with Crippen molar-refractivity contribution in [3.63, 3.8) is 0 Å². The maximum Gasteiger partial charge on any atom is 0.404 e. The van der Waals surface area contributed by atoms with E-state index in [2.05, 4.69) is 4.72 Å². The van der Waals surface area contributed by atoms with Gasteiger partial charge < -0.3 is 10.5 Å². The topological polar surface area (TPSA) is 98.5 Å². The van der Waals surface area contributed by atoms with Gasteiger partial charge in [0.25, 0.3) is 0 Å². The Morgan fingerprint density at radius 3 is 2.38 bits per heavy atom. The fourth-order valence-corrected chi connectivity index (χ4v) is 2.79. The maximum absolute atomic E-state index is 11.0. The second-order valence-electron chi connectivity index (χ2n) is 4.24. The first kappa shape index (κ1) is 13.2. The van der Waals surface area contributed by atoms with Gasteiger partial charge in [-0.25, -0.2) is 17.9 Å². The molecule has 1 aliphatic rings. The van der Waals surface area contributed by atoms with E-state index in [1.165, 1.54) is 0 Å². The lowest BCUT2D eigenvalue weighted by molar-refractivity contribution is 0.121. The highest BCUT2D eigenvalue weighted by Gasteiger charge is 2.23. The van der Waals surface area contributed by atoms with Gasteiger partial charge in [0.15, 0.2) is 0 Å². The quantitative estimate of drug-likeness (QED) is 0.744. The predicted molar refractivity (Wildman–Crippen MR) is 59.3 cm³/mol. The molecule has 3 N–H and O–H groups in total. The molecule has 1 aliphatic carbocycles. The number of carbonyl (C=O) groups is 1. The molecule has 7 heteroatoms. The molecule has 94 valence electrons. The van der Waals surface area contributed by atoms with Crippen LogP contribution >= 0.6 is 0 Å². The number of nitrogens with two attached hydrogens (primary N) is 1. The Hall–Kier alpha value is -0.820. The van der Waals surface area contributed by atoms with Crippen molar-refractivity contribution < 1.29 is 17.9 Å². The van der Waals surface area contributed by atoms with Gasteiger partial charge in [0.1, 0.15) is 0 Å². The number of hydrogen-bond donors (Lipinski definition) is 2. The normalized spacial score (nSPS) is 26.3. The van der Waals surface area contributed by atoms with E-state index < -0.39 is 16.1 Å². The second-order valence-corrected chi connectivity index (χ2v) is 6.02. The van der Waals surface area contributed by atoms with Crippen LogP contribution in [0.3, 0.4) is 0 Å². The molecule has 0 radical (unpaired) electrons. The largest absolute Gasteiger partial charge is 0.449 e. The third kappa shape index (κ3) is 5.32. The van der Waals surface area contributed by atoms with E-state index in [1.807, 2.05) is 0 Å². The standard InChI is InChI=1S/C9H18N2O4S/c1-16(13,14)11-8-4-2-7(3-5-8)6-15-9(10)12/h7-8,11H,2-6H2,1H3,(H2,10,12). The highest BCUT2D eigenvalue weighted by molar-refractivity contribution is 7.88. The molecule has 1 amide bonds. The van der Waals surface area contributed by atoms with Crippen molar-refractivity contribution in [2.75, 3.05) is 12.9 Å². The van der Waals surface area contributed by atoms with E-state index in [-0.39, 0.29) is 6.04 Å². The number of hydrogen-bond acceptors (Lipinski definition) is 4. The van der Waals surface area contributed by atoms with E-state index in [0.29, 0.717) is 12.5 Å². The number of primary amides is 1. The van der Waals surface area contributed by atoms with Gasteiger partial charge >= 0.3 is 6.09 Å². The molecule has 6 nitrogen and oxygen atoms in total. The molecule has 0 unspecified atom stereocenters. The lowest BCUT2D eigenvalue weighted by atomic mass is 9.87. The summed E-state index contributed by atoms with van der Waals surface area (Å²) in [6.45, 7) is 0.334.